The maximum atomic E-state index is 5.45. The predicted octanol–water partition coefficient (Wildman–Crippen LogP) is 1.84. The molecule has 11 heavy (non-hydrogen) atoms. The second-order valence-electron chi connectivity index (χ2n) is 1.41. The van der Waals surface area contributed by atoms with Gasteiger partial charge in [-0.05, 0) is 23.2 Å². The summed E-state index contributed by atoms with van der Waals surface area (Å²) in [5.74, 6) is 0. The SMILES string of the molecule is CSOc1nc(Cl)nc(Cl)n1. The van der Waals surface area contributed by atoms with Crippen molar-refractivity contribution in [3.8, 4) is 6.01 Å². The first-order valence-corrected chi connectivity index (χ1v) is 4.40. The van der Waals surface area contributed by atoms with Crippen LogP contribution in [0.1, 0.15) is 0 Å². The molecule has 60 valence electrons. The third-order valence-corrected chi connectivity index (χ3v) is 1.37. The van der Waals surface area contributed by atoms with Gasteiger partial charge >= 0.3 is 6.01 Å². The van der Waals surface area contributed by atoms with E-state index in [1.165, 1.54) is 0 Å². The molecule has 0 saturated carbocycles. The summed E-state index contributed by atoms with van der Waals surface area (Å²) >= 11 is 12.0. The number of aromatic nitrogens is 3. The molecule has 1 aromatic rings. The van der Waals surface area contributed by atoms with Crippen LogP contribution in [-0.4, -0.2) is 21.2 Å². The molecule has 0 N–H and O–H groups in total. The van der Waals surface area contributed by atoms with Gasteiger partial charge in [0, 0.05) is 6.26 Å². The average Bonchev–Trinajstić information content (AvgIpc) is 1.85. The molecule has 0 saturated heterocycles. The van der Waals surface area contributed by atoms with Crippen LogP contribution in [0.4, 0.5) is 0 Å². The van der Waals surface area contributed by atoms with E-state index in [0.717, 1.165) is 12.0 Å². The number of halogens is 2. The highest BCUT2D eigenvalue weighted by atomic mass is 35.5. The van der Waals surface area contributed by atoms with Gasteiger partial charge < -0.3 is 4.18 Å². The van der Waals surface area contributed by atoms with Gasteiger partial charge in [-0.15, -0.1) is 0 Å². The maximum absolute atomic E-state index is 5.45. The zero-order chi connectivity index (χ0) is 8.27. The Balaban J connectivity index is 2.89. The maximum Gasteiger partial charge on any atom is 0.334 e. The van der Waals surface area contributed by atoms with Gasteiger partial charge in [0.15, 0.2) is 0 Å². The van der Waals surface area contributed by atoms with E-state index < -0.39 is 0 Å². The minimum absolute atomic E-state index is 0.0223. The molecule has 4 nitrogen and oxygen atoms in total. The number of rotatable bonds is 2. The summed E-state index contributed by atoms with van der Waals surface area (Å²) in [6.07, 6.45) is 1.73. The second-order valence-corrected chi connectivity index (χ2v) is 2.58. The van der Waals surface area contributed by atoms with Gasteiger partial charge in [-0.25, -0.2) is 0 Å². The summed E-state index contributed by atoms with van der Waals surface area (Å²) in [5.41, 5.74) is 0. The van der Waals surface area contributed by atoms with Crippen molar-refractivity contribution in [2.24, 2.45) is 0 Å². The summed E-state index contributed by atoms with van der Waals surface area (Å²) in [5, 5.41) is 0.0445. The van der Waals surface area contributed by atoms with Crippen molar-refractivity contribution < 1.29 is 4.18 Å². The van der Waals surface area contributed by atoms with E-state index in [2.05, 4.69) is 15.0 Å². The van der Waals surface area contributed by atoms with Gasteiger partial charge in [0.2, 0.25) is 10.6 Å². The van der Waals surface area contributed by atoms with Gasteiger partial charge in [0.25, 0.3) is 0 Å². The lowest BCUT2D eigenvalue weighted by Gasteiger charge is -1.97. The summed E-state index contributed by atoms with van der Waals surface area (Å²) in [6.45, 7) is 0. The molecule has 0 bridgehead atoms. The molecule has 1 heterocycles. The molecular weight excluding hydrogens is 209 g/mol. The van der Waals surface area contributed by atoms with E-state index in [9.17, 15) is 0 Å². The molecule has 0 unspecified atom stereocenters. The van der Waals surface area contributed by atoms with Crippen molar-refractivity contribution in [3.05, 3.63) is 10.6 Å². The molecule has 0 fully saturated rings. The van der Waals surface area contributed by atoms with Gasteiger partial charge in [0.05, 0.1) is 12.0 Å². The third-order valence-electron chi connectivity index (χ3n) is 0.718. The van der Waals surface area contributed by atoms with E-state index in [1.807, 2.05) is 0 Å². The van der Waals surface area contributed by atoms with Crippen molar-refractivity contribution in [1.29, 1.82) is 0 Å². The molecule has 0 aliphatic heterocycles. The summed E-state index contributed by atoms with van der Waals surface area (Å²) in [4.78, 5) is 10.8. The first kappa shape index (κ1) is 8.83. The standard InChI is InChI=1S/C4H3Cl2N3OS/c1-11-10-4-8-2(5)7-3(6)9-4/h1H3. The van der Waals surface area contributed by atoms with Crippen LogP contribution in [0, 0.1) is 0 Å². The van der Waals surface area contributed by atoms with Crippen molar-refractivity contribution in [2.75, 3.05) is 6.26 Å². The van der Waals surface area contributed by atoms with Crippen molar-refractivity contribution in [1.82, 2.24) is 15.0 Å². The Labute approximate surface area is 77.5 Å². The van der Waals surface area contributed by atoms with Crippen LogP contribution in [0.5, 0.6) is 6.01 Å². The van der Waals surface area contributed by atoms with E-state index in [1.54, 1.807) is 6.26 Å². The highest BCUT2D eigenvalue weighted by molar-refractivity contribution is 7.94. The summed E-state index contributed by atoms with van der Waals surface area (Å²) in [6, 6.07) is 0.113. The fourth-order valence-electron chi connectivity index (χ4n) is 0.421. The number of hydrogen-bond donors (Lipinski definition) is 0. The van der Waals surface area contributed by atoms with Gasteiger partial charge in [-0.2, -0.15) is 15.0 Å². The Hall–Kier alpha value is -0.260. The van der Waals surface area contributed by atoms with E-state index >= 15 is 0 Å². The fourth-order valence-corrected chi connectivity index (χ4v) is 0.992. The number of hydrogen-bond acceptors (Lipinski definition) is 5. The van der Waals surface area contributed by atoms with Gasteiger partial charge in [-0.3, -0.25) is 0 Å². The Morgan fingerprint density at radius 1 is 1.18 bits per heavy atom. The minimum Gasteiger partial charge on any atom is -0.389 e. The number of nitrogens with zero attached hydrogens (tertiary/aromatic N) is 3. The summed E-state index contributed by atoms with van der Waals surface area (Å²) < 4.78 is 4.85. The molecule has 0 radical (unpaired) electrons. The fraction of sp³-hybridized carbons (Fsp3) is 0.250. The molecule has 0 aliphatic rings. The van der Waals surface area contributed by atoms with Crippen LogP contribution in [-0.2, 0) is 0 Å². The van der Waals surface area contributed by atoms with Crippen molar-refractivity contribution in [3.63, 3.8) is 0 Å². The lowest BCUT2D eigenvalue weighted by molar-refractivity contribution is 0.582. The zero-order valence-electron chi connectivity index (χ0n) is 5.41. The lowest BCUT2D eigenvalue weighted by atomic mass is 11.0. The highest BCUT2D eigenvalue weighted by Crippen LogP contribution is 2.13. The van der Waals surface area contributed by atoms with Crippen LogP contribution in [0.25, 0.3) is 0 Å². The molecule has 1 aromatic heterocycles. The molecule has 1 rings (SSSR count). The minimum atomic E-state index is 0.0223. The molecule has 7 heteroatoms. The Morgan fingerprint density at radius 2 is 1.73 bits per heavy atom. The van der Waals surface area contributed by atoms with Crippen molar-refractivity contribution in [2.45, 2.75) is 0 Å². The Morgan fingerprint density at radius 3 is 2.18 bits per heavy atom. The molecule has 0 aromatic carbocycles. The quantitative estimate of drug-likeness (QED) is 0.700. The normalized spacial score (nSPS) is 9.73. The van der Waals surface area contributed by atoms with E-state index in [0.29, 0.717) is 0 Å². The average molecular weight is 212 g/mol. The molecule has 0 amide bonds. The zero-order valence-corrected chi connectivity index (χ0v) is 7.74. The second kappa shape index (κ2) is 3.94. The van der Waals surface area contributed by atoms with Gasteiger partial charge in [-0.1, -0.05) is 0 Å². The van der Waals surface area contributed by atoms with Crippen LogP contribution in [0.2, 0.25) is 10.6 Å². The Bertz CT molecular complexity index is 239. The molecule has 0 atom stereocenters. The smallest absolute Gasteiger partial charge is 0.334 e. The largest absolute Gasteiger partial charge is 0.389 e. The predicted molar refractivity (Wildman–Crippen MR) is 44.0 cm³/mol. The highest BCUT2D eigenvalue weighted by Gasteiger charge is 2.02. The first-order chi connectivity index (χ1) is 5.22. The van der Waals surface area contributed by atoms with Crippen LogP contribution >= 0.6 is 35.2 Å². The van der Waals surface area contributed by atoms with E-state index in [4.69, 9.17) is 27.4 Å². The monoisotopic (exact) mass is 211 g/mol. The van der Waals surface area contributed by atoms with Crippen molar-refractivity contribution >= 4 is 35.2 Å². The molecule has 0 spiro atoms. The van der Waals surface area contributed by atoms with Gasteiger partial charge in [0.1, 0.15) is 0 Å². The third kappa shape index (κ3) is 2.69. The van der Waals surface area contributed by atoms with Crippen LogP contribution in [0.15, 0.2) is 0 Å². The summed E-state index contributed by atoms with van der Waals surface area (Å²) in [7, 11) is 0. The molecular formula is C4H3Cl2N3OS. The van der Waals surface area contributed by atoms with Crippen LogP contribution in [0.3, 0.4) is 0 Å². The van der Waals surface area contributed by atoms with E-state index in [-0.39, 0.29) is 16.6 Å². The molecule has 0 aliphatic carbocycles. The lowest BCUT2D eigenvalue weighted by Crippen LogP contribution is -1.92. The Kier molecular flexibility index (Phi) is 3.16. The van der Waals surface area contributed by atoms with Crippen LogP contribution < -0.4 is 4.18 Å². The first-order valence-electron chi connectivity index (χ1n) is 2.50. The topological polar surface area (TPSA) is 47.9 Å².